The fraction of sp³-hybridized carbons (Fsp3) is 0.333. The van der Waals surface area contributed by atoms with Crippen LogP contribution < -0.4 is 0 Å². The Morgan fingerprint density at radius 3 is 2.52 bits per heavy atom. The van der Waals surface area contributed by atoms with E-state index in [1.807, 2.05) is 0 Å². The van der Waals surface area contributed by atoms with Crippen molar-refractivity contribution < 1.29 is 0 Å². The summed E-state index contributed by atoms with van der Waals surface area (Å²) in [4.78, 5) is 0. The van der Waals surface area contributed by atoms with Crippen LogP contribution in [0.25, 0.3) is 11.1 Å². The Kier molecular flexibility index (Phi) is 7.84. The Balaban J connectivity index is 1.31. The van der Waals surface area contributed by atoms with Gasteiger partial charge in [-0.05, 0) is 132 Å². The zero-order valence-electron chi connectivity index (χ0n) is 26.2. The maximum Gasteiger partial charge on any atom is 0.0201 e. The predicted octanol–water partition coefficient (Wildman–Crippen LogP) is 11.4. The minimum Gasteiger partial charge on any atom is -0.0955 e. The van der Waals surface area contributed by atoms with Crippen molar-refractivity contribution in [2.24, 2.45) is 5.92 Å². The quantitative estimate of drug-likeness (QED) is 0.307. The molecular weight excluding hydrogens is 504 g/mol. The van der Waals surface area contributed by atoms with Gasteiger partial charge in [0.05, 0.1) is 0 Å². The van der Waals surface area contributed by atoms with E-state index in [4.69, 9.17) is 6.58 Å². The van der Waals surface area contributed by atoms with Gasteiger partial charge in [-0.15, -0.1) is 0 Å². The van der Waals surface area contributed by atoms with E-state index in [0.29, 0.717) is 11.8 Å². The van der Waals surface area contributed by atoms with Gasteiger partial charge in [-0.3, -0.25) is 0 Å². The second kappa shape index (κ2) is 11.6. The van der Waals surface area contributed by atoms with Gasteiger partial charge >= 0.3 is 0 Å². The minimum absolute atomic E-state index is 0.302. The van der Waals surface area contributed by atoms with Gasteiger partial charge in [-0.25, -0.2) is 0 Å². The largest absolute Gasteiger partial charge is 0.0955 e. The molecule has 2 atom stereocenters. The molecule has 0 radical (unpaired) electrons. The first kappa shape index (κ1) is 28.5. The van der Waals surface area contributed by atoms with Gasteiger partial charge in [0, 0.05) is 11.8 Å². The third-order valence-corrected chi connectivity index (χ3v) is 10.0. The van der Waals surface area contributed by atoms with Crippen LogP contribution in [-0.2, 0) is 19.3 Å². The number of benzene rings is 2. The van der Waals surface area contributed by atoms with Crippen molar-refractivity contribution in [1.82, 2.24) is 0 Å². The van der Waals surface area contributed by atoms with Crippen LogP contribution in [-0.4, -0.2) is 0 Å². The first-order valence-electron chi connectivity index (χ1n) is 16.1. The number of aryl methyl sites for hydroxylation is 3. The zero-order valence-corrected chi connectivity index (χ0v) is 26.2. The lowest BCUT2D eigenvalue weighted by molar-refractivity contribution is 0.618. The highest BCUT2D eigenvalue weighted by Crippen LogP contribution is 2.55. The molecule has 1 fully saturated rings. The summed E-state index contributed by atoms with van der Waals surface area (Å²) < 4.78 is 0. The van der Waals surface area contributed by atoms with E-state index in [1.54, 1.807) is 11.1 Å². The Hall–Kier alpha value is -3.64. The maximum atomic E-state index is 4.80. The van der Waals surface area contributed by atoms with Gasteiger partial charge < -0.3 is 0 Å². The summed E-state index contributed by atoms with van der Waals surface area (Å²) in [5, 5.41) is 0. The van der Waals surface area contributed by atoms with Crippen LogP contribution in [0.3, 0.4) is 0 Å². The lowest BCUT2D eigenvalue weighted by atomic mass is 9.69. The molecule has 4 aliphatic carbocycles. The van der Waals surface area contributed by atoms with E-state index in [9.17, 15) is 0 Å². The molecule has 214 valence electrons. The molecule has 0 spiro atoms. The molecule has 0 bridgehead atoms. The average Bonchev–Trinajstić information content (AvgIpc) is 3.71. The molecule has 0 aliphatic heterocycles. The van der Waals surface area contributed by atoms with Crippen molar-refractivity contribution in [3.63, 3.8) is 0 Å². The first-order chi connectivity index (χ1) is 20.3. The molecule has 1 saturated carbocycles. The van der Waals surface area contributed by atoms with Gasteiger partial charge in [-0.1, -0.05) is 111 Å². The molecule has 0 saturated heterocycles. The van der Waals surface area contributed by atoms with Gasteiger partial charge in [0.25, 0.3) is 0 Å². The first-order valence-corrected chi connectivity index (χ1v) is 16.1. The molecule has 0 amide bonds. The van der Waals surface area contributed by atoms with Crippen molar-refractivity contribution in [1.29, 1.82) is 0 Å². The summed E-state index contributed by atoms with van der Waals surface area (Å²) in [7, 11) is 0. The molecule has 2 aromatic carbocycles. The SMILES string of the molecule is C=C(CCC)C1=C(C)C=C2CC(=CC3=CC=C(c4cc(C(=C)C)ccc4CC)C3)C(=C)C2C1c1ccc2c(c1)CCC2. The third kappa shape index (κ3) is 5.11. The van der Waals surface area contributed by atoms with E-state index in [0.717, 1.165) is 37.7 Å². The maximum absolute atomic E-state index is 4.80. The smallest absolute Gasteiger partial charge is 0.0201 e. The highest BCUT2D eigenvalue weighted by atomic mass is 14.4. The zero-order chi connectivity index (χ0) is 29.5. The van der Waals surface area contributed by atoms with E-state index < -0.39 is 0 Å². The van der Waals surface area contributed by atoms with Crippen LogP contribution in [0.5, 0.6) is 0 Å². The van der Waals surface area contributed by atoms with Crippen molar-refractivity contribution >= 4 is 11.1 Å². The number of fused-ring (bicyclic) bond motifs is 2. The Labute approximate surface area is 254 Å². The van der Waals surface area contributed by atoms with Crippen LogP contribution >= 0.6 is 0 Å². The number of hydrogen-bond donors (Lipinski definition) is 0. The summed E-state index contributed by atoms with van der Waals surface area (Å²) >= 11 is 0. The van der Waals surface area contributed by atoms with Gasteiger partial charge in [0.15, 0.2) is 0 Å². The predicted molar refractivity (Wildman–Crippen MR) is 183 cm³/mol. The monoisotopic (exact) mass is 550 g/mol. The van der Waals surface area contributed by atoms with Crippen LogP contribution in [0.4, 0.5) is 0 Å². The number of rotatable bonds is 8. The molecule has 6 rings (SSSR count). The van der Waals surface area contributed by atoms with Gasteiger partial charge in [0.2, 0.25) is 0 Å². The van der Waals surface area contributed by atoms with E-state index in [-0.39, 0.29) is 0 Å². The summed E-state index contributed by atoms with van der Waals surface area (Å²) in [6.07, 6.45) is 18.5. The second-order valence-corrected chi connectivity index (χ2v) is 13.0. The molecule has 2 aromatic rings. The number of allylic oxidation sites excluding steroid dienone is 13. The van der Waals surface area contributed by atoms with E-state index >= 15 is 0 Å². The normalized spacial score (nSPS) is 22.2. The number of hydrogen-bond acceptors (Lipinski definition) is 0. The molecule has 0 heterocycles. The molecular formula is C42H46. The van der Waals surface area contributed by atoms with Crippen molar-refractivity contribution in [2.75, 3.05) is 0 Å². The van der Waals surface area contributed by atoms with Crippen LogP contribution in [0.2, 0.25) is 0 Å². The molecule has 0 heteroatoms. The average molecular weight is 551 g/mol. The standard InChI is InChI=1S/C42H46/c1-8-11-27(5)40-28(6)20-38-24-37(29(7)41(38)42(40)36-19-17-32-12-10-13-34(32)23-36)22-30-14-15-35(21-30)39-25-33(26(3)4)18-16-31(39)9-2/h14-20,22-23,25,41-42H,3,5,7-13,21,24H2,1-2,4,6H3. The highest BCUT2D eigenvalue weighted by molar-refractivity contribution is 5.78. The van der Waals surface area contributed by atoms with Crippen LogP contribution in [0.15, 0.2) is 119 Å². The molecule has 0 nitrogen and oxygen atoms in total. The Morgan fingerprint density at radius 2 is 1.76 bits per heavy atom. The summed E-state index contributed by atoms with van der Waals surface area (Å²) in [5.41, 5.74) is 20.9. The molecule has 0 N–H and O–H groups in total. The van der Waals surface area contributed by atoms with Crippen LogP contribution in [0, 0.1) is 5.92 Å². The molecule has 2 unspecified atom stereocenters. The highest BCUT2D eigenvalue weighted by Gasteiger charge is 2.41. The van der Waals surface area contributed by atoms with Gasteiger partial charge in [0.1, 0.15) is 0 Å². The summed E-state index contributed by atoms with van der Waals surface area (Å²) in [5.74, 6) is 0.618. The topological polar surface area (TPSA) is 0 Å². The van der Waals surface area contributed by atoms with Crippen molar-refractivity contribution in [3.05, 3.63) is 153 Å². The fourth-order valence-corrected chi connectivity index (χ4v) is 7.92. The van der Waals surface area contributed by atoms with Crippen LogP contribution in [0.1, 0.15) is 99.1 Å². The van der Waals surface area contributed by atoms with E-state index in [1.165, 1.54) is 86.1 Å². The molecule has 0 aromatic heterocycles. The molecule has 4 aliphatic rings. The summed E-state index contributed by atoms with van der Waals surface area (Å²) in [6.45, 7) is 22.5. The van der Waals surface area contributed by atoms with Crippen molar-refractivity contribution in [3.8, 4) is 0 Å². The second-order valence-electron chi connectivity index (χ2n) is 13.0. The molecule has 42 heavy (non-hydrogen) atoms. The lowest BCUT2D eigenvalue weighted by Crippen LogP contribution is -2.21. The Bertz CT molecular complexity index is 1650. The fourth-order valence-electron chi connectivity index (χ4n) is 7.92. The van der Waals surface area contributed by atoms with Crippen molar-refractivity contribution in [2.45, 2.75) is 85.0 Å². The Morgan fingerprint density at radius 1 is 0.952 bits per heavy atom. The minimum atomic E-state index is 0.302. The lowest BCUT2D eigenvalue weighted by Gasteiger charge is -2.35. The van der Waals surface area contributed by atoms with Gasteiger partial charge in [-0.2, -0.15) is 0 Å². The van der Waals surface area contributed by atoms with E-state index in [2.05, 4.69) is 102 Å². The third-order valence-electron chi connectivity index (χ3n) is 10.0. The summed E-state index contributed by atoms with van der Waals surface area (Å²) in [6, 6.07) is 14.2.